The number of ether oxygens (including phenoxy) is 1. The maximum Gasteiger partial charge on any atom is 0.237 e. The molecule has 2 aromatic heterocycles. The number of aromatic nitrogens is 4. The molecule has 6 heteroatoms. The Morgan fingerprint density at radius 1 is 1.29 bits per heavy atom. The highest BCUT2D eigenvalue weighted by molar-refractivity contribution is 5.56. The van der Waals surface area contributed by atoms with Crippen LogP contribution in [0.2, 0.25) is 0 Å². The summed E-state index contributed by atoms with van der Waals surface area (Å²) < 4.78 is 7.74. The maximum absolute atomic E-state index is 5.65. The minimum atomic E-state index is 0.373. The molecule has 0 fully saturated rings. The Bertz CT molecular complexity index is 650. The molecular weight excluding hydrogens is 266 g/mol. The van der Waals surface area contributed by atoms with Crippen LogP contribution in [0.1, 0.15) is 37.1 Å². The molecule has 0 bridgehead atoms. The zero-order valence-corrected chi connectivity index (χ0v) is 13.0. The van der Waals surface area contributed by atoms with Crippen molar-refractivity contribution in [3.63, 3.8) is 0 Å². The van der Waals surface area contributed by atoms with Gasteiger partial charge in [-0.05, 0) is 19.1 Å². The van der Waals surface area contributed by atoms with Crippen LogP contribution in [0.25, 0.3) is 0 Å². The predicted molar refractivity (Wildman–Crippen MR) is 80.6 cm³/mol. The molecule has 0 unspecified atom stereocenters. The molecule has 0 saturated heterocycles. The van der Waals surface area contributed by atoms with Gasteiger partial charge in [0.1, 0.15) is 18.1 Å². The van der Waals surface area contributed by atoms with Crippen LogP contribution in [0, 0.1) is 6.92 Å². The van der Waals surface area contributed by atoms with E-state index >= 15 is 0 Å². The average molecular weight is 287 g/mol. The molecule has 0 spiro atoms. The fourth-order valence-corrected chi connectivity index (χ4v) is 2.60. The third-order valence-electron chi connectivity index (χ3n) is 3.77. The molecule has 1 aliphatic heterocycles. The smallest absolute Gasteiger partial charge is 0.237 e. The van der Waals surface area contributed by atoms with Crippen LogP contribution in [0.4, 0.5) is 5.69 Å². The quantitative estimate of drug-likeness (QED) is 0.864. The fourth-order valence-electron chi connectivity index (χ4n) is 2.60. The number of hydrogen-bond acceptors (Lipinski definition) is 5. The van der Waals surface area contributed by atoms with Crippen LogP contribution < -0.4 is 9.64 Å². The minimum absolute atomic E-state index is 0.373. The molecule has 3 heterocycles. The third-order valence-corrected chi connectivity index (χ3v) is 3.77. The SMILES string of the molecule is Cc1ccc2c(n1)OCCN2Cc1nnc(C(C)C)n1C. The molecule has 2 aromatic rings. The molecule has 0 aliphatic carbocycles. The number of aryl methyl sites for hydroxylation is 1. The summed E-state index contributed by atoms with van der Waals surface area (Å²) in [5, 5.41) is 8.62. The second-order valence-corrected chi connectivity index (χ2v) is 5.74. The highest BCUT2D eigenvalue weighted by atomic mass is 16.5. The number of rotatable bonds is 3. The molecule has 0 radical (unpaired) electrons. The van der Waals surface area contributed by atoms with Crippen LogP contribution in [0.3, 0.4) is 0 Å². The average Bonchev–Trinajstić information content (AvgIpc) is 2.80. The lowest BCUT2D eigenvalue weighted by Gasteiger charge is -2.30. The lowest BCUT2D eigenvalue weighted by Crippen LogP contribution is -2.33. The number of anilines is 1. The zero-order chi connectivity index (χ0) is 15.0. The van der Waals surface area contributed by atoms with E-state index in [-0.39, 0.29) is 0 Å². The minimum Gasteiger partial charge on any atom is -0.474 e. The van der Waals surface area contributed by atoms with E-state index in [0.29, 0.717) is 18.4 Å². The zero-order valence-electron chi connectivity index (χ0n) is 13.0. The highest BCUT2D eigenvalue weighted by Crippen LogP contribution is 2.30. The normalized spacial score (nSPS) is 14.2. The molecule has 0 N–H and O–H groups in total. The van der Waals surface area contributed by atoms with Gasteiger partial charge in [-0.1, -0.05) is 13.8 Å². The summed E-state index contributed by atoms with van der Waals surface area (Å²) in [7, 11) is 2.03. The Labute approximate surface area is 124 Å². The molecule has 21 heavy (non-hydrogen) atoms. The standard InChI is InChI=1S/C15H21N5O/c1-10(2)14-18-17-13(19(14)4)9-20-7-8-21-15-12(20)6-5-11(3)16-15/h5-6,10H,7-9H2,1-4H3. The summed E-state index contributed by atoms with van der Waals surface area (Å²) >= 11 is 0. The fraction of sp³-hybridized carbons (Fsp3) is 0.533. The Balaban J connectivity index is 1.87. The van der Waals surface area contributed by atoms with Crippen LogP contribution in [0.5, 0.6) is 5.88 Å². The first-order valence-corrected chi connectivity index (χ1v) is 7.30. The van der Waals surface area contributed by atoms with Gasteiger partial charge in [-0.25, -0.2) is 4.98 Å². The number of hydrogen-bond donors (Lipinski definition) is 0. The van der Waals surface area contributed by atoms with Gasteiger partial charge in [0.15, 0.2) is 5.82 Å². The van der Waals surface area contributed by atoms with Crippen molar-refractivity contribution in [2.75, 3.05) is 18.1 Å². The van der Waals surface area contributed by atoms with Crippen LogP contribution in [-0.2, 0) is 13.6 Å². The van der Waals surface area contributed by atoms with Crippen molar-refractivity contribution in [3.8, 4) is 5.88 Å². The molecule has 112 valence electrons. The summed E-state index contributed by atoms with van der Waals surface area (Å²) in [5.74, 6) is 3.07. The monoisotopic (exact) mass is 287 g/mol. The van der Waals surface area contributed by atoms with Crippen molar-refractivity contribution in [1.29, 1.82) is 0 Å². The van der Waals surface area contributed by atoms with E-state index < -0.39 is 0 Å². The summed E-state index contributed by atoms with van der Waals surface area (Å²) in [4.78, 5) is 6.70. The molecule has 0 saturated carbocycles. The second-order valence-electron chi connectivity index (χ2n) is 5.74. The number of fused-ring (bicyclic) bond motifs is 1. The van der Waals surface area contributed by atoms with Gasteiger partial charge in [0, 0.05) is 18.7 Å². The molecular formula is C15H21N5O. The van der Waals surface area contributed by atoms with Gasteiger partial charge in [0.25, 0.3) is 0 Å². The van der Waals surface area contributed by atoms with Crippen molar-refractivity contribution < 1.29 is 4.74 Å². The van der Waals surface area contributed by atoms with Gasteiger partial charge in [-0.15, -0.1) is 10.2 Å². The van der Waals surface area contributed by atoms with E-state index in [1.165, 1.54) is 0 Å². The van der Waals surface area contributed by atoms with Gasteiger partial charge in [0.2, 0.25) is 5.88 Å². The van der Waals surface area contributed by atoms with Crippen molar-refractivity contribution in [3.05, 3.63) is 29.5 Å². The summed E-state index contributed by atoms with van der Waals surface area (Å²) in [6, 6.07) is 4.08. The van der Waals surface area contributed by atoms with E-state index in [0.717, 1.165) is 36.1 Å². The molecule has 0 amide bonds. The maximum atomic E-state index is 5.65. The van der Waals surface area contributed by atoms with Crippen molar-refractivity contribution >= 4 is 5.69 Å². The van der Waals surface area contributed by atoms with Crippen LogP contribution in [0.15, 0.2) is 12.1 Å². The Morgan fingerprint density at radius 2 is 2.10 bits per heavy atom. The number of pyridine rings is 1. The van der Waals surface area contributed by atoms with Gasteiger partial charge in [-0.2, -0.15) is 0 Å². The lowest BCUT2D eigenvalue weighted by atomic mass is 10.2. The Morgan fingerprint density at radius 3 is 2.81 bits per heavy atom. The van der Waals surface area contributed by atoms with Gasteiger partial charge in [0.05, 0.1) is 13.1 Å². The van der Waals surface area contributed by atoms with Gasteiger partial charge < -0.3 is 14.2 Å². The lowest BCUT2D eigenvalue weighted by molar-refractivity contribution is 0.293. The van der Waals surface area contributed by atoms with E-state index in [1.54, 1.807) is 0 Å². The molecule has 6 nitrogen and oxygen atoms in total. The molecule has 0 aromatic carbocycles. The van der Waals surface area contributed by atoms with E-state index in [2.05, 4.69) is 44.6 Å². The first-order valence-electron chi connectivity index (χ1n) is 7.30. The Kier molecular flexibility index (Phi) is 3.53. The van der Waals surface area contributed by atoms with Gasteiger partial charge >= 0.3 is 0 Å². The largest absolute Gasteiger partial charge is 0.474 e. The highest BCUT2D eigenvalue weighted by Gasteiger charge is 2.22. The van der Waals surface area contributed by atoms with Crippen molar-refractivity contribution in [2.24, 2.45) is 7.05 Å². The van der Waals surface area contributed by atoms with E-state index in [1.807, 2.05) is 20.0 Å². The van der Waals surface area contributed by atoms with E-state index in [4.69, 9.17) is 4.74 Å². The van der Waals surface area contributed by atoms with Gasteiger partial charge in [-0.3, -0.25) is 0 Å². The Hall–Kier alpha value is -2.11. The molecule has 1 aliphatic rings. The molecule has 3 rings (SSSR count). The van der Waals surface area contributed by atoms with E-state index in [9.17, 15) is 0 Å². The van der Waals surface area contributed by atoms with Crippen molar-refractivity contribution in [2.45, 2.75) is 33.2 Å². The third kappa shape index (κ3) is 2.57. The predicted octanol–water partition coefficient (Wildman–Crippen LogP) is 2.04. The van der Waals surface area contributed by atoms with Crippen LogP contribution in [-0.4, -0.2) is 32.9 Å². The summed E-state index contributed by atoms with van der Waals surface area (Å²) in [5.41, 5.74) is 2.00. The topological polar surface area (TPSA) is 56.1 Å². The molecule has 0 atom stereocenters. The first kappa shape index (κ1) is 13.9. The van der Waals surface area contributed by atoms with Crippen LogP contribution >= 0.6 is 0 Å². The summed E-state index contributed by atoms with van der Waals surface area (Å²) in [6.45, 7) is 8.44. The summed E-state index contributed by atoms with van der Waals surface area (Å²) in [6.07, 6.45) is 0. The first-order chi connectivity index (χ1) is 10.1. The van der Waals surface area contributed by atoms with Crippen molar-refractivity contribution in [1.82, 2.24) is 19.7 Å². The number of nitrogens with zero attached hydrogens (tertiary/aromatic N) is 5. The second kappa shape index (κ2) is 5.35.